The van der Waals surface area contributed by atoms with Gasteiger partial charge in [0.15, 0.2) is 0 Å². The smallest absolute Gasteiger partial charge is 0.244 e. The molecular formula is C51H31BN2. The number of hydrogen-bond donors (Lipinski definition) is 0. The molecule has 3 heteroatoms. The van der Waals surface area contributed by atoms with E-state index in [0.717, 1.165) is 0 Å². The van der Waals surface area contributed by atoms with Gasteiger partial charge in [-0.05, 0) is 81.9 Å². The van der Waals surface area contributed by atoms with Crippen LogP contribution in [-0.4, -0.2) is 15.8 Å². The van der Waals surface area contributed by atoms with E-state index in [1.165, 1.54) is 121 Å². The normalized spacial score (nSPS) is 12.9. The Bertz CT molecular complexity index is 3220. The maximum Gasteiger partial charge on any atom is 0.244 e. The summed E-state index contributed by atoms with van der Waals surface area (Å²) in [7, 11) is 0. The van der Waals surface area contributed by atoms with Crippen LogP contribution in [0.4, 0.5) is 0 Å². The minimum Gasteiger partial charge on any atom is -0.309 e. The number of para-hydroxylation sites is 4. The van der Waals surface area contributed by atoms with E-state index in [9.17, 15) is 0 Å². The lowest BCUT2D eigenvalue weighted by atomic mass is 9.31. The summed E-state index contributed by atoms with van der Waals surface area (Å²) >= 11 is 0. The molecule has 2 aliphatic heterocycles. The van der Waals surface area contributed by atoms with E-state index in [0.29, 0.717) is 0 Å². The molecule has 0 unspecified atom stereocenters. The van der Waals surface area contributed by atoms with Gasteiger partial charge in [-0.3, -0.25) is 0 Å². The highest BCUT2D eigenvalue weighted by Gasteiger charge is 2.40. The van der Waals surface area contributed by atoms with Crippen molar-refractivity contribution in [2.75, 3.05) is 0 Å². The molecule has 0 saturated heterocycles. The van der Waals surface area contributed by atoms with E-state index in [4.69, 9.17) is 0 Å². The van der Waals surface area contributed by atoms with Gasteiger partial charge in [-0.25, -0.2) is 0 Å². The number of fused-ring (bicyclic) bond motifs is 12. The maximum atomic E-state index is 2.57. The zero-order valence-corrected chi connectivity index (χ0v) is 29.6. The van der Waals surface area contributed by atoms with E-state index in [-0.39, 0.29) is 6.71 Å². The molecule has 248 valence electrons. The number of aryl methyl sites for hydroxylation is 1. The number of benzene rings is 9. The number of nitrogens with zero attached hydrogens (tertiary/aromatic N) is 2. The summed E-state index contributed by atoms with van der Waals surface area (Å²) in [6, 6.07) is 63.7. The summed E-state index contributed by atoms with van der Waals surface area (Å²) in [4.78, 5) is 0. The molecule has 4 heterocycles. The molecule has 0 saturated carbocycles. The molecule has 0 aliphatic carbocycles. The summed E-state index contributed by atoms with van der Waals surface area (Å²) in [6.45, 7) is 2.35. The zero-order chi connectivity index (χ0) is 35.2. The van der Waals surface area contributed by atoms with Gasteiger partial charge in [0.1, 0.15) is 0 Å². The highest BCUT2D eigenvalue weighted by molar-refractivity contribution is 7.01. The third-order valence-corrected chi connectivity index (χ3v) is 12.5. The second kappa shape index (κ2) is 10.2. The van der Waals surface area contributed by atoms with Crippen LogP contribution in [0.5, 0.6) is 0 Å². The van der Waals surface area contributed by atoms with E-state index in [1.54, 1.807) is 0 Å². The molecule has 0 N–H and O–H groups in total. The van der Waals surface area contributed by atoms with Crippen LogP contribution in [0.1, 0.15) is 5.56 Å². The summed E-state index contributed by atoms with van der Waals surface area (Å²) in [5.74, 6) is 0. The fourth-order valence-electron chi connectivity index (χ4n) is 10.6. The van der Waals surface area contributed by atoms with Crippen molar-refractivity contribution >= 4 is 88.3 Å². The number of aromatic nitrogens is 2. The minimum atomic E-state index is 0.0804. The highest BCUT2D eigenvalue weighted by atomic mass is 15.0. The van der Waals surface area contributed by atoms with Crippen molar-refractivity contribution in [2.24, 2.45) is 0 Å². The third-order valence-electron chi connectivity index (χ3n) is 12.5. The fourth-order valence-corrected chi connectivity index (χ4v) is 10.6. The summed E-state index contributed by atoms with van der Waals surface area (Å²) in [5, 5.41) is 10.6. The Morgan fingerprint density at radius 3 is 1.28 bits per heavy atom. The molecule has 11 aromatic rings. The van der Waals surface area contributed by atoms with Crippen LogP contribution in [-0.2, 0) is 0 Å². The van der Waals surface area contributed by atoms with Crippen LogP contribution in [0.15, 0.2) is 170 Å². The Morgan fingerprint density at radius 1 is 0.370 bits per heavy atom. The van der Waals surface area contributed by atoms with E-state index in [1.807, 2.05) is 0 Å². The lowest BCUT2D eigenvalue weighted by Gasteiger charge is -2.35. The van der Waals surface area contributed by atoms with Crippen LogP contribution in [0.2, 0.25) is 0 Å². The largest absolute Gasteiger partial charge is 0.309 e. The van der Waals surface area contributed by atoms with Crippen LogP contribution < -0.4 is 16.4 Å². The van der Waals surface area contributed by atoms with Crippen molar-refractivity contribution in [3.63, 3.8) is 0 Å². The van der Waals surface area contributed by atoms with Crippen molar-refractivity contribution in [1.29, 1.82) is 0 Å². The molecule has 13 rings (SSSR count). The lowest BCUT2D eigenvalue weighted by Crippen LogP contribution is -2.57. The van der Waals surface area contributed by atoms with Crippen molar-refractivity contribution in [3.05, 3.63) is 175 Å². The van der Waals surface area contributed by atoms with Gasteiger partial charge in [0.2, 0.25) is 6.71 Å². The predicted octanol–water partition coefficient (Wildman–Crippen LogP) is 11.0. The molecule has 0 radical (unpaired) electrons. The Hall–Kier alpha value is -6.84. The van der Waals surface area contributed by atoms with Crippen LogP contribution in [0.25, 0.3) is 98.8 Å². The van der Waals surface area contributed by atoms with Gasteiger partial charge in [0.05, 0.1) is 22.1 Å². The van der Waals surface area contributed by atoms with Crippen LogP contribution >= 0.6 is 0 Å². The van der Waals surface area contributed by atoms with Crippen molar-refractivity contribution in [1.82, 2.24) is 9.13 Å². The first kappa shape index (κ1) is 28.7. The lowest BCUT2D eigenvalue weighted by molar-refractivity contribution is 1.19. The van der Waals surface area contributed by atoms with Crippen LogP contribution in [0, 0.1) is 6.92 Å². The summed E-state index contributed by atoms with van der Waals surface area (Å²) in [6.07, 6.45) is 0. The molecule has 0 atom stereocenters. The Kier molecular flexibility index (Phi) is 5.42. The molecule has 2 aliphatic rings. The van der Waals surface area contributed by atoms with Gasteiger partial charge in [-0.2, -0.15) is 0 Å². The van der Waals surface area contributed by atoms with Gasteiger partial charge in [-0.15, -0.1) is 0 Å². The average molecular weight is 683 g/mol. The molecular weight excluding hydrogens is 651 g/mol. The van der Waals surface area contributed by atoms with Gasteiger partial charge < -0.3 is 9.13 Å². The minimum absolute atomic E-state index is 0.0804. The maximum absolute atomic E-state index is 2.57. The van der Waals surface area contributed by atoms with E-state index in [2.05, 4.69) is 186 Å². The molecule has 9 aromatic carbocycles. The third kappa shape index (κ3) is 3.48. The van der Waals surface area contributed by atoms with Crippen LogP contribution in [0.3, 0.4) is 0 Å². The zero-order valence-electron chi connectivity index (χ0n) is 29.6. The molecule has 0 fully saturated rings. The molecule has 2 nitrogen and oxygen atoms in total. The summed E-state index contributed by atoms with van der Waals surface area (Å²) in [5.41, 5.74) is 18.4. The fraction of sp³-hybridized carbons (Fsp3) is 0.0196. The van der Waals surface area contributed by atoms with Gasteiger partial charge in [-0.1, -0.05) is 150 Å². The first-order valence-electron chi connectivity index (χ1n) is 19.0. The monoisotopic (exact) mass is 682 g/mol. The van der Waals surface area contributed by atoms with Crippen molar-refractivity contribution < 1.29 is 0 Å². The van der Waals surface area contributed by atoms with Gasteiger partial charge in [0.25, 0.3) is 0 Å². The first-order chi connectivity index (χ1) is 26.7. The average Bonchev–Trinajstić information content (AvgIpc) is 3.74. The van der Waals surface area contributed by atoms with E-state index >= 15 is 0 Å². The number of hydrogen-bond acceptors (Lipinski definition) is 0. The summed E-state index contributed by atoms with van der Waals surface area (Å²) < 4.78 is 4.98. The Balaban J connectivity index is 1.24. The molecule has 0 spiro atoms. The molecule has 0 amide bonds. The quantitative estimate of drug-likeness (QED) is 0.161. The first-order valence-corrected chi connectivity index (χ1v) is 19.0. The van der Waals surface area contributed by atoms with E-state index < -0.39 is 0 Å². The number of rotatable bonds is 2. The Morgan fingerprint density at radius 2 is 0.796 bits per heavy atom. The molecule has 0 bridgehead atoms. The standard InChI is InChI=1S/C51H31BN2/c1-30-26-39-35-20-12-22-37-47(35)43(28-41-33-18-8-10-24-45(33)53(50(37)41)31-14-4-2-5-15-31)52-44-29-42-34-19-9-11-25-46(34)54(32-16-6-3-7-17-32)51(42)38-23-13-21-36(48(38)44)40(27-30)49(39)52/h2-29H,1H3. The topological polar surface area (TPSA) is 9.86 Å². The van der Waals surface area contributed by atoms with Crippen molar-refractivity contribution in [2.45, 2.75) is 6.92 Å². The second-order valence-electron chi connectivity index (χ2n) is 15.3. The van der Waals surface area contributed by atoms with Gasteiger partial charge in [0, 0.05) is 43.7 Å². The predicted molar refractivity (Wildman–Crippen MR) is 230 cm³/mol. The Labute approximate surface area is 312 Å². The van der Waals surface area contributed by atoms with Crippen molar-refractivity contribution in [3.8, 4) is 33.6 Å². The molecule has 54 heavy (non-hydrogen) atoms. The SMILES string of the molecule is Cc1cc2c3c(c1)-c1cccc4c1c(cc1c5ccccc5n(-c5ccccc5)c41)B3c1cc3c4ccccc4n(-c4ccccc4)c3c3cccc-2c13. The second-order valence-corrected chi connectivity index (χ2v) is 15.3. The molecule has 2 aromatic heterocycles. The highest BCUT2D eigenvalue weighted by Crippen LogP contribution is 2.45. The van der Waals surface area contributed by atoms with Gasteiger partial charge >= 0.3 is 0 Å².